The van der Waals surface area contributed by atoms with Gasteiger partial charge in [-0.05, 0) is 17.7 Å². The molecule has 6 heteroatoms. The Morgan fingerprint density at radius 2 is 2.00 bits per heavy atom. The third kappa shape index (κ3) is 3.97. The molecule has 0 bridgehead atoms. The van der Waals surface area contributed by atoms with E-state index in [4.69, 9.17) is 16.7 Å². The van der Waals surface area contributed by atoms with Crippen LogP contribution in [0.2, 0.25) is 5.02 Å². The molecule has 1 N–H and O–H groups in total. The van der Waals surface area contributed by atoms with E-state index in [1.807, 2.05) is 0 Å². The third-order valence-electron chi connectivity index (χ3n) is 1.57. The lowest BCUT2D eigenvalue weighted by Crippen LogP contribution is -2.19. The summed E-state index contributed by atoms with van der Waals surface area (Å²) in [5.41, 5.74) is 0.513. The summed E-state index contributed by atoms with van der Waals surface area (Å²) in [5, 5.41) is 8.78. The third-order valence-corrected chi connectivity index (χ3v) is 1.87. The molecular formula is C9H8ClF3O2. The zero-order valence-corrected chi connectivity index (χ0v) is 8.27. The van der Waals surface area contributed by atoms with E-state index in [1.165, 1.54) is 18.2 Å². The van der Waals surface area contributed by atoms with E-state index in [-0.39, 0.29) is 17.4 Å². The molecule has 1 aromatic rings. The number of benzene rings is 1. The standard InChI is InChI=1S/C9H8ClF3O2/c10-7-3-6(4-14)1-2-8(7)15-5-9(11,12)13/h1-3,14H,4-5H2. The number of rotatable bonds is 3. The number of ether oxygens (including phenoxy) is 1. The second-order valence-corrected chi connectivity index (χ2v) is 3.23. The second kappa shape index (κ2) is 4.72. The van der Waals surface area contributed by atoms with Gasteiger partial charge < -0.3 is 9.84 Å². The van der Waals surface area contributed by atoms with Crippen molar-refractivity contribution in [3.05, 3.63) is 28.8 Å². The number of alkyl halides is 3. The number of aliphatic hydroxyl groups is 1. The van der Waals surface area contributed by atoms with E-state index >= 15 is 0 Å². The van der Waals surface area contributed by atoms with Crippen LogP contribution in [0.4, 0.5) is 13.2 Å². The van der Waals surface area contributed by atoms with Crippen molar-refractivity contribution in [1.29, 1.82) is 0 Å². The first-order valence-electron chi connectivity index (χ1n) is 4.01. The van der Waals surface area contributed by atoms with Gasteiger partial charge in [0.25, 0.3) is 0 Å². The van der Waals surface area contributed by atoms with Gasteiger partial charge in [0.05, 0.1) is 11.6 Å². The Kier molecular flexibility index (Phi) is 3.82. The number of halogens is 4. The number of aliphatic hydroxyl groups excluding tert-OH is 1. The zero-order chi connectivity index (χ0) is 11.5. The Morgan fingerprint density at radius 1 is 1.33 bits per heavy atom. The fourth-order valence-electron chi connectivity index (χ4n) is 0.919. The van der Waals surface area contributed by atoms with Gasteiger partial charge in [-0.2, -0.15) is 13.2 Å². The minimum atomic E-state index is -4.39. The maximum absolute atomic E-state index is 11.8. The lowest BCUT2D eigenvalue weighted by Gasteiger charge is -2.10. The van der Waals surface area contributed by atoms with Crippen molar-refractivity contribution in [1.82, 2.24) is 0 Å². The van der Waals surface area contributed by atoms with Crippen LogP contribution in [-0.4, -0.2) is 17.9 Å². The first-order valence-corrected chi connectivity index (χ1v) is 4.39. The average Bonchev–Trinajstić information content (AvgIpc) is 2.14. The van der Waals surface area contributed by atoms with Crippen molar-refractivity contribution in [2.24, 2.45) is 0 Å². The van der Waals surface area contributed by atoms with Crippen LogP contribution in [0.25, 0.3) is 0 Å². The number of hydrogen-bond donors (Lipinski definition) is 1. The van der Waals surface area contributed by atoms with Crippen LogP contribution < -0.4 is 4.74 Å². The first kappa shape index (κ1) is 12.1. The highest BCUT2D eigenvalue weighted by Crippen LogP contribution is 2.27. The Balaban J connectivity index is 2.70. The lowest BCUT2D eigenvalue weighted by atomic mass is 10.2. The molecule has 0 amide bonds. The molecule has 0 saturated carbocycles. The summed E-state index contributed by atoms with van der Waals surface area (Å²) < 4.78 is 39.9. The summed E-state index contributed by atoms with van der Waals surface area (Å²) in [7, 11) is 0. The molecule has 15 heavy (non-hydrogen) atoms. The van der Waals surface area contributed by atoms with Gasteiger partial charge in [-0.3, -0.25) is 0 Å². The molecular weight excluding hydrogens is 233 g/mol. The van der Waals surface area contributed by atoms with E-state index in [2.05, 4.69) is 4.74 Å². The van der Waals surface area contributed by atoms with E-state index in [9.17, 15) is 13.2 Å². The molecule has 1 rings (SSSR count). The van der Waals surface area contributed by atoms with Crippen LogP contribution >= 0.6 is 11.6 Å². The minimum absolute atomic E-state index is 0.0470. The topological polar surface area (TPSA) is 29.5 Å². The van der Waals surface area contributed by atoms with Crippen LogP contribution in [0.3, 0.4) is 0 Å². The quantitative estimate of drug-likeness (QED) is 0.880. The van der Waals surface area contributed by atoms with E-state index in [1.54, 1.807) is 0 Å². The van der Waals surface area contributed by atoms with Gasteiger partial charge in [0.1, 0.15) is 5.75 Å². The molecule has 0 aliphatic carbocycles. The predicted octanol–water partition coefficient (Wildman–Crippen LogP) is 2.77. The molecule has 0 fully saturated rings. The zero-order valence-electron chi connectivity index (χ0n) is 7.51. The molecule has 0 aliphatic rings. The largest absolute Gasteiger partial charge is 0.483 e. The Labute approximate surface area is 89.2 Å². The molecule has 84 valence electrons. The van der Waals surface area contributed by atoms with Crippen LogP contribution in [0.1, 0.15) is 5.56 Å². The Morgan fingerprint density at radius 3 is 2.47 bits per heavy atom. The van der Waals surface area contributed by atoms with Gasteiger partial charge in [-0.25, -0.2) is 0 Å². The van der Waals surface area contributed by atoms with Crippen molar-refractivity contribution in [2.75, 3.05) is 6.61 Å². The highest BCUT2D eigenvalue weighted by molar-refractivity contribution is 6.32. The SMILES string of the molecule is OCc1ccc(OCC(F)(F)F)c(Cl)c1. The van der Waals surface area contributed by atoms with Crippen LogP contribution in [0, 0.1) is 0 Å². The van der Waals surface area contributed by atoms with Gasteiger partial charge in [-0.15, -0.1) is 0 Å². The normalized spacial score (nSPS) is 11.5. The van der Waals surface area contributed by atoms with Gasteiger partial charge in [0, 0.05) is 0 Å². The number of hydrogen-bond acceptors (Lipinski definition) is 2. The predicted molar refractivity (Wildman–Crippen MR) is 48.9 cm³/mol. The van der Waals surface area contributed by atoms with Crippen LogP contribution in [0.15, 0.2) is 18.2 Å². The molecule has 0 atom stereocenters. The molecule has 0 spiro atoms. The minimum Gasteiger partial charge on any atom is -0.483 e. The molecule has 0 radical (unpaired) electrons. The highest BCUT2D eigenvalue weighted by Gasteiger charge is 2.28. The summed E-state index contributed by atoms with van der Waals surface area (Å²) in [6, 6.07) is 4.09. The molecule has 2 nitrogen and oxygen atoms in total. The van der Waals surface area contributed by atoms with E-state index in [0.29, 0.717) is 5.56 Å². The highest BCUT2D eigenvalue weighted by atomic mass is 35.5. The molecule has 0 heterocycles. The molecule has 1 aromatic carbocycles. The van der Waals surface area contributed by atoms with Crippen molar-refractivity contribution < 1.29 is 23.0 Å². The maximum atomic E-state index is 11.8. The lowest BCUT2D eigenvalue weighted by molar-refractivity contribution is -0.153. The smallest absolute Gasteiger partial charge is 0.422 e. The van der Waals surface area contributed by atoms with Crippen molar-refractivity contribution >= 4 is 11.6 Å². The summed E-state index contributed by atoms with van der Waals surface area (Å²) in [4.78, 5) is 0. The summed E-state index contributed by atoms with van der Waals surface area (Å²) in [6.07, 6.45) is -4.39. The summed E-state index contributed by atoms with van der Waals surface area (Å²) >= 11 is 5.63. The molecule has 0 unspecified atom stereocenters. The second-order valence-electron chi connectivity index (χ2n) is 2.83. The van der Waals surface area contributed by atoms with Gasteiger partial charge in [0.2, 0.25) is 0 Å². The van der Waals surface area contributed by atoms with Crippen molar-refractivity contribution in [2.45, 2.75) is 12.8 Å². The molecule has 0 aromatic heterocycles. The van der Waals surface area contributed by atoms with Gasteiger partial charge in [0.15, 0.2) is 6.61 Å². The summed E-state index contributed by atoms with van der Waals surface area (Å²) in [6.45, 7) is -1.61. The molecule has 0 aliphatic heterocycles. The van der Waals surface area contributed by atoms with Crippen molar-refractivity contribution in [3.63, 3.8) is 0 Å². The van der Waals surface area contributed by atoms with Crippen molar-refractivity contribution in [3.8, 4) is 5.75 Å². The Hall–Kier alpha value is -0.940. The monoisotopic (exact) mass is 240 g/mol. The van der Waals surface area contributed by atoms with E-state index < -0.39 is 12.8 Å². The molecule has 0 saturated heterocycles. The van der Waals surface area contributed by atoms with Crippen LogP contribution in [0.5, 0.6) is 5.75 Å². The fraction of sp³-hybridized carbons (Fsp3) is 0.333. The van der Waals surface area contributed by atoms with Crippen LogP contribution in [-0.2, 0) is 6.61 Å². The fourth-order valence-corrected chi connectivity index (χ4v) is 1.18. The Bertz CT molecular complexity index is 339. The van der Waals surface area contributed by atoms with Gasteiger partial charge >= 0.3 is 6.18 Å². The maximum Gasteiger partial charge on any atom is 0.422 e. The average molecular weight is 241 g/mol. The van der Waals surface area contributed by atoms with Gasteiger partial charge in [-0.1, -0.05) is 17.7 Å². The summed E-state index contributed by atoms with van der Waals surface area (Å²) in [5.74, 6) is -0.0498. The van der Waals surface area contributed by atoms with E-state index in [0.717, 1.165) is 0 Å². The first-order chi connectivity index (χ1) is 6.92.